The number of benzene rings is 4. The van der Waals surface area contributed by atoms with Crippen molar-refractivity contribution in [2.24, 2.45) is 5.92 Å². The molecule has 7 rings (SSSR count). The highest BCUT2D eigenvalue weighted by atomic mass is 16.7. The van der Waals surface area contributed by atoms with Crippen LogP contribution in [-0.2, 0) is 22.6 Å². The normalized spacial score (nSPS) is 24.6. The largest absolute Gasteiger partial charge is 0.395 e. The first-order valence-electron chi connectivity index (χ1n) is 16.4. The van der Waals surface area contributed by atoms with Crippen molar-refractivity contribution in [1.82, 2.24) is 9.80 Å². The van der Waals surface area contributed by atoms with E-state index in [4.69, 9.17) is 9.47 Å². The number of hydrogen-bond acceptors (Lipinski definition) is 7. The summed E-state index contributed by atoms with van der Waals surface area (Å²) < 4.78 is 13.4. The number of carbonyl (C=O) groups excluding carboxylic acids is 2. The monoisotopic (exact) mass is 632 g/mol. The predicted octanol–water partition coefficient (Wildman–Crippen LogP) is 5.89. The molecule has 3 aliphatic heterocycles. The Kier molecular flexibility index (Phi) is 9.03. The Hall–Kier alpha value is -4.18. The van der Waals surface area contributed by atoms with Gasteiger partial charge in [0, 0.05) is 24.1 Å². The molecule has 0 aromatic heterocycles. The lowest BCUT2D eigenvalue weighted by atomic mass is 9.89. The maximum atomic E-state index is 13.1. The van der Waals surface area contributed by atoms with Gasteiger partial charge in [0.1, 0.15) is 0 Å². The summed E-state index contributed by atoms with van der Waals surface area (Å²) >= 11 is 0. The lowest BCUT2D eigenvalue weighted by molar-refractivity contribution is -0.276. The fourth-order valence-corrected chi connectivity index (χ4v) is 7.21. The SMILES string of the molecule is C[C@@H]1[C@H](CN2CCC[C@H]2CO)O[C@H](c2ccc(-c3ccccc3CN3C(=O)c4ccccc4C3=O)cc2)O[C@@H]1c1ccc(CO)cc1. The third-order valence-electron chi connectivity index (χ3n) is 9.97. The summed E-state index contributed by atoms with van der Waals surface area (Å²) in [6, 6.07) is 30.9. The van der Waals surface area contributed by atoms with E-state index in [0.717, 1.165) is 52.8 Å². The van der Waals surface area contributed by atoms with Crippen molar-refractivity contribution < 1.29 is 29.3 Å². The summed E-state index contributed by atoms with van der Waals surface area (Å²) in [5.41, 5.74) is 6.44. The van der Waals surface area contributed by atoms with Crippen molar-refractivity contribution >= 4 is 11.8 Å². The second-order valence-corrected chi connectivity index (χ2v) is 12.8. The lowest BCUT2D eigenvalue weighted by Gasteiger charge is -2.43. The van der Waals surface area contributed by atoms with Crippen molar-refractivity contribution in [3.8, 4) is 11.1 Å². The van der Waals surface area contributed by atoms with Crippen LogP contribution in [0, 0.1) is 5.92 Å². The fraction of sp³-hybridized carbons (Fsp3) is 0.333. The zero-order chi connectivity index (χ0) is 32.5. The quantitative estimate of drug-likeness (QED) is 0.222. The molecule has 47 heavy (non-hydrogen) atoms. The summed E-state index contributed by atoms with van der Waals surface area (Å²) in [7, 11) is 0. The molecule has 4 aromatic rings. The van der Waals surface area contributed by atoms with Crippen LogP contribution in [0.15, 0.2) is 97.1 Å². The van der Waals surface area contributed by atoms with Crippen LogP contribution in [0.25, 0.3) is 11.1 Å². The number of imide groups is 1. The molecule has 2 saturated heterocycles. The first kappa shape index (κ1) is 31.4. The van der Waals surface area contributed by atoms with E-state index in [-0.39, 0.29) is 55.7 Å². The van der Waals surface area contributed by atoms with Crippen LogP contribution in [0.4, 0.5) is 0 Å². The average molecular weight is 633 g/mol. The molecule has 0 spiro atoms. The smallest absolute Gasteiger partial charge is 0.261 e. The highest BCUT2D eigenvalue weighted by molar-refractivity contribution is 6.21. The standard InChI is InChI=1S/C39H40N2O6/c1-25-35(22-40-20-6-8-31(40)24-43)46-39(47-36(25)28-14-12-26(23-42)13-15-28)29-18-16-27(17-19-29)32-9-3-2-7-30(32)21-41-37(44)33-10-4-5-11-34(33)38(41)45/h2-5,7,9-19,25,31,35-36,39,42-43H,6,8,20-24H2,1H3/t25-,31+,35+,36+,39+/m1/s1. The highest BCUT2D eigenvalue weighted by Crippen LogP contribution is 2.43. The minimum absolute atomic E-state index is 0.0129. The van der Waals surface area contributed by atoms with Crippen molar-refractivity contribution in [2.45, 2.75) is 57.5 Å². The van der Waals surface area contributed by atoms with Gasteiger partial charge in [-0.2, -0.15) is 0 Å². The number of likely N-dealkylation sites (tertiary alicyclic amines) is 1. The number of fused-ring (bicyclic) bond motifs is 1. The molecule has 2 fully saturated rings. The van der Waals surface area contributed by atoms with Crippen molar-refractivity contribution in [1.29, 1.82) is 0 Å². The molecular weight excluding hydrogens is 592 g/mol. The topological polar surface area (TPSA) is 99.5 Å². The van der Waals surface area contributed by atoms with E-state index in [1.807, 2.05) is 72.8 Å². The van der Waals surface area contributed by atoms with Gasteiger partial charge in [0.25, 0.3) is 11.8 Å². The van der Waals surface area contributed by atoms with Crippen LogP contribution in [0.5, 0.6) is 0 Å². The van der Waals surface area contributed by atoms with E-state index in [9.17, 15) is 19.8 Å². The van der Waals surface area contributed by atoms with Crippen LogP contribution >= 0.6 is 0 Å². The van der Waals surface area contributed by atoms with Gasteiger partial charge in [-0.3, -0.25) is 19.4 Å². The third kappa shape index (κ3) is 6.15. The van der Waals surface area contributed by atoms with E-state index in [2.05, 4.69) is 11.8 Å². The first-order chi connectivity index (χ1) is 22.9. The van der Waals surface area contributed by atoms with E-state index in [0.29, 0.717) is 17.7 Å². The van der Waals surface area contributed by atoms with Crippen LogP contribution in [-0.4, -0.2) is 63.7 Å². The summed E-state index contributed by atoms with van der Waals surface area (Å²) in [6.45, 7) is 4.11. The Morgan fingerprint density at radius 1 is 0.766 bits per heavy atom. The Bertz CT molecular complexity index is 1700. The molecule has 4 aromatic carbocycles. The van der Waals surface area contributed by atoms with Gasteiger partial charge in [-0.1, -0.05) is 91.9 Å². The van der Waals surface area contributed by atoms with Gasteiger partial charge in [0.15, 0.2) is 6.29 Å². The van der Waals surface area contributed by atoms with Gasteiger partial charge >= 0.3 is 0 Å². The van der Waals surface area contributed by atoms with Gasteiger partial charge < -0.3 is 19.7 Å². The van der Waals surface area contributed by atoms with E-state index >= 15 is 0 Å². The number of aliphatic hydroxyl groups excluding tert-OH is 2. The average Bonchev–Trinajstić information content (AvgIpc) is 3.67. The molecule has 0 saturated carbocycles. The van der Waals surface area contributed by atoms with Crippen molar-refractivity contribution in [2.75, 3.05) is 19.7 Å². The Labute approximate surface area is 275 Å². The maximum absolute atomic E-state index is 13.1. The molecule has 0 aliphatic carbocycles. The number of hydrogen-bond donors (Lipinski definition) is 2. The molecule has 8 heteroatoms. The summed E-state index contributed by atoms with van der Waals surface area (Å²) in [4.78, 5) is 29.8. The van der Waals surface area contributed by atoms with E-state index in [1.165, 1.54) is 4.90 Å². The summed E-state index contributed by atoms with van der Waals surface area (Å²) in [5.74, 6) is -0.490. The minimum atomic E-state index is -0.600. The zero-order valence-corrected chi connectivity index (χ0v) is 26.5. The van der Waals surface area contributed by atoms with Gasteiger partial charge in [-0.05, 0) is 59.3 Å². The molecule has 8 nitrogen and oxygen atoms in total. The minimum Gasteiger partial charge on any atom is -0.395 e. The molecule has 0 radical (unpaired) electrons. The fourth-order valence-electron chi connectivity index (χ4n) is 7.21. The van der Waals surface area contributed by atoms with Crippen LogP contribution in [0.1, 0.15) is 75.1 Å². The van der Waals surface area contributed by atoms with Crippen LogP contribution in [0.2, 0.25) is 0 Å². The second-order valence-electron chi connectivity index (χ2n) is 12.8. The number of nitrogens with zero attached hydrogens (tertiary/aromatic N) is 2. The Balaban J connectivity index is 1.14. The van der Waals surface area contributed by atoms with E-state index in [1.54, 1.807) is 24.3 Å². The zero-order valence-electron chi connectivity index (χ0n) is 26.5. The van der Waals surface area contributed by atoms with Gasteiger partial charge in [0.2, 0.25) is 0 Å². The molecule has 2 amide bonds. The first-order valence-corrected chi connectivity index (χ1v) is 16.4. The molecule has 0 unspecified atom stereocenters. The summed E-state index contributed by atoms with van der Waals surface area (Å²) in [5, 5.41) is 19.5. The third-order valence-corrected chi connectivity index (χ3v) is 9.97. The van der Waals surface area contributed by atoms with E-state index < -0.39 is 6.29 Å². The number of carbonyl (C=O) groups is 2. The molecule has 5 atom stereocenters. The molecule has 3 aliphatic rings. The van der Waals surface area contributed by atoms with Gasteiger partial charge in [-0.15, -0.1) is 0 Å². The predicted molar refractivity (Wildman–Crippen MR) is 177 cm³/mol. The Morgan fingerprint density at radius 3 is 2.06 bits per heavy atom. The number of amides is 2. The highest BCUT2D eigenvalue weighted by Gasteiger charge is 2.40. The van der Waals surface area contributed by atoms with Crippen LogP contribution < -0.4 is 0 Å². The summed E-state index contributed by atoms with van der Waals surface area (Å²) in [6.07, 6.45) is 1.11. The number of ether oxygens (including phenoxy) is 2. The maximum Gasteiger partial charge on any atom is 0.261 e. The molecule has 0 bridgehead atoms. The van der Waals surface area contributed by atoms with Gasteiger partial charge in [-0.25, -0.2) is 0 Å². The van der Waals surface area contributed by atoms with Crippen LogP contribution in [0.3, 0.4) is 0 Å². The second kappa shape index (κ2) is 13.5. The van der Waals surface area contributed by atoms with Crippen molar-refractivity contribution in [3.63, 3.8) is 0 Å². The lowest BCUT2D eigenvalue weighted by Crippen LogP contribution is -2.46. The Morgan fingerprint density at radius 2 is 1.40 bits per heavy atom. The molecule has 2 N–H and O–H groups in total. The molecule has 242 valence electrons. The number of aliphatic hydroxyl groups is 2. The van der Waals surface area contributed by atoms with Gasteiger partial charge in [0.05, 0.1) is 43.1 Å². The molecule has 3 heterocycles. The number of rotatable bonds is 9. The van der Waals surface area contributed by atoms with Crippen molar-refractivity contribution in [3.05, 3.63) is 130 Å². The molecular formula is C39H40N2O6.